The van der Waals surface area contributed by atoms with E-state index < -0.39 is 0 Å². The summed E-state index contributed by atoms with van der Waals surface area (Å²) in [5.74, 6) is 1.63. The number of nitrogens with two attached hydrogens (primary N) is 1. The Labute approximate surface area is 97.7 Å². The van der Waals surface area contributed by atoms with Crippen molar-refractivity contribution in [2.75, 3.05) is 13.1 Å². The second kappa shape index (κ2) is 4.93. The highest BCUT2D eigenvalue weighted by atomic mass is 15.1. The predicted octanol–water partition coefficient (Wildman–Crippen LogP) is 1.63. The molecular weight excluding hydrogens is 198 g/mol. The maximum Gasteiger partial charge on any atom is 0.0542 e. The zero-order valence-electron chi connectivity index (χ0n) is 10.2. The normalized spacial score (nSPS) is 26.2. The lowest BCUT2D eigenvalue weighted by Crippen LogP contribution is -2.20. The average Bonchev–Trinajstić information content (AvgIpc) is 2.58. The molecule has 0 aliphatic carbocycles. The lowest BCUT2D eigenvalue weighted by Gasteiger charge is -2.15. The van der Waals surface area contributed by atoms with Crippen LogP contribution in [0.2, 0.25) is 0 Å². The molecule has 1 aliphatic heterocycles. The lowest BCUT2D eigenvalue weighted by atomic mass is 10.0. The molecule has 1 aromatic rings. The van der Waals surface area contributed by atoms with E-state index in [9.17, 15) is 0 Å². The van der Waals surface area contributed by atoms with Gasteiger partial charge in [0.05, 0.1) is 5.69 Å². The molecule has 2 heterocycles. The van der Waals surface area contributed by atoms with Gasteiger partial charge in [0.25, 0.3) is 0 Å². The maximum absolute atomic E-state index is 5.59. The third kappa shape index (κ3) is 2.60. The van der Waals surface area contributed by atoms with Crippen LogP contribution >= 0.6 is 0 Å². The molecule has 88 valence electrons. The van der Waals surface area contributed by atoms with Crippen LogP contribution < -0.4 is 5.73 Å². The fourth-order valence-corrected chi connectivity index (χ4v) is 2.37. The molecule has 0 radical (unpaired) electrons. The molecule has 2 unspecified atom stereocenters. The zero-order valence-corrected chi connectivity index (χ0v) is 10.2. The second-order valence-corrected chi connectivity index (χ2v) is 5.01. The summed E-state index contributed by atoms with van der Waals surface area (Å²) in [6.45, 7) is 8.65. The van der Waals surface area contributed by atoms with E-state index in [1.807, 2.05) is 6.20 Å². The first-order valence-electron chi connectivity index (χ1n) is 6.05. The molecule has 0 bridgehead atoms. The smallest absolute Gasteiger partial charge is 0.0542 e. The van der Waals surface area contributed by atoms with Crippen molar-refractivity contribution in [2.24, 2.45) is 17.6 Å². The molecule has 0 spiro atoms. The van der Waals surface area contributed by atoms with E-state index in [2.05, 4.69) is 35.9 Å². The molecule has 0 aromatic carbocycles. The van der Waals surface area contributed by atoms with Crippen LogP contribution in [0.4, 0.5) is 0 Å². The van der Waals surface area contributed by atoms with Gasteiger partial charge in [-0.25, -0.2) is 0 Å². The summed E-state index contributed by atoms with van der Waals surface area (Å²) in [6.07, 6.45) is 1.86. The minimum absolute atomic E-state index is 0.528. The van der Waals surface area contributed by atoms with Crippen molar-refractivity contribution in [3.63, 3.8) is 0 Å². The van der Waals surface area contributed by atoms with Gasteiger partial charge in [0.15, 0.2) is 0 Å². The molecule has 2 N–H and O–H groups in total. The summed E-state index contributed by atoms with van der Waals surface area (Å²) in [7, 11) is 0. The molecule has 3 heteroatoms. The third-order valence-electron chi connectivity index (χ3n) is 3.56. The summed E-state index contributed by atoms with van der Waals surface area (Å²) in [5, 5.41) is 0. The van der Waals surface area contributed by atoms with Crippen molar-refractivity contribution in [3.05, 3.63) is 29.6 Å². The zero-order chi connectivity index (χ0) is 11.5. The van der Waals surface area contributed by atoms with E-state index in [0.29, 0.717) is 6.54 Å². The highest BCUT2D eigenvalue weighted by molar-refractivity contribution is 5.16. The Morgan fingerprint density at radius 2 is 2.06 bits per heavy atom. The molecule has 2 rings (SSSR count). The summed E-state index contributed by atoms with van der Waals surface area (Å²) in [6, 6.07) is 4.21. The number of hydrogen-bond acceptors (Lipinski definition) is 3. The minimum atomic E-state index is 0.528. The maximum atomic E-state index is 5.59. The number of nitrogens with zero attached hydrogens (tertiary/aromatic N) is 2. The lowest BCUT2D eigenvalue weighted by molar-refractivity contribution is 0.316. The van der Waals surface area contributed by atoms with Crippen LogP contribution in [0.5, 0.6) is 0 Å². The van der Waals surface area contributed by atoms with Crippen molar-refractivity contribution in [1.29, 1.82) is 0 Å². The Hall–Kier alpha value is -0.930. The van der Waals surface area contributed by atoms with Crippen molar-refractivity contribution in [2.45, 2.75) is 26.9 Å². The van der Waals surface area contributed by atoms with Gasteiger partial charge in [-0.05, 0) is 29.5 Å². The number of likely N-dealkylation sites (tertiary alicyclic amines) is 1. The average molecular weight is 219 g/mol. The second-order valence-electron chi connectivity index (χ2n) is 5.01. The Kier molecular flexibility index (Phi) is 3.56. The summed E-state index contributed by atoms with van der Waals surface area (Å²) < 4.78 is 0. The summed E-state index contributed by atoms with van der Waals surface area (Å²) in [5.41, 5.74) is 7.91. The SMILES string of the molecule is CC1CN(Cc2ccnc(CN)c2)CC1C. The van der Waals surface area contributed by atoms with Gasteiger partial charge >= 0.3 is 0 Å². The van der Waals surface area contributed by atoms with Gasteiger partial charge < -0.3 is 5.73 Å². The van der Waals surface area contributed by atoms with Crippen LogP contribution in [0, 0.1) is 11.8 Å². The van der Waals surface area contributed by atoms with Crippen molar-refractivity contribution in [3.8, 4) is 0 Å². The van der Waals surface area contributed by atoms with Gasteiger partial charge in [-0.1, -0.05) is 13.8 Å². The molecule has 2 atom stereocenters. The molecule has 16 heavy (non-hydrogen) atoms. The first kappa shape index (κ1) is 11.6. The van der Waals surface area contributed by atoms with Gasteiger partial charge in [0.2, 0.25) is 0 Å². The standard InChI is InChI=1S/C13H21N3/c1-10-7-16(8-11(10)2)9-12-3-4-15-13(5-12)6-14/h3-5,10-11H,6-9,14H2,1-2H3. The fraction of sp³-hybridized carbons (Fsp3) is 0.615. The van der Waals surface area contributed by atoms with Gasteiger partial charge in [-0.3, -0.25) is 9.88 Å². The highest BCUT2D eigenvalue weighted by Crippen LogP contribution is 2.23. The Balaban J connectivity index is 1.99. The summed E-state index contributed by atoms with van der Waals surface area (Å²) in [4.78, 5) is 6.74. The van der Waals surface area contributed by atoms with Crippen molar-refractivity contribution in [1.82, 2.24) is 9.88 Å². The minimum Gasteiger partial charge on any atom is -0.325 e. The van der Waals surface area contributed by atoms with Crippen LogP contribution in [0.25, 0.3) is 0 Å². The Morgan fingerprint density at radius 3 is 2.69 bits per heavy atom. The molecule has 0 saturated carbocycles. The van der Waals surface area contributed by atoms with Crippen LogP contribution in [0.15, 0.2) is 18.3 Å². The highest BCUT2D eigenvalue weighted by Gasteiger charge is 2.25. The van der Waals surface area contributed by atoms with Gasteiger partial charge in [-0.15, -0.1) is 0 Å². The van der Waals surface area contributed by atoms with Gasteiger partial charge in [-0.2, -0.15) is 0 Å². The summed E-state index contributed by atoms with van der Waals surface area (Å²) >= 11 is 0. The van der Waals surface area contributed by atoms with Crippen LogP contribution in [0.3, 0.4) is 0 Å². The molecule has 1 saturated heterocycles. The molecule has 1 fully saturated rings. The fourth-order valence-electron chi connectivity index (χ4n) is 2.37. The number of aromatic nitrogens is 1. The quantitative estimate of drug-likeness (QED) is 0.840. The van der Waals surface area contributed by atoms with Gasteiger partial charge in [0.1, 0.15) is 0 Å². The third-order valence-corrected chi connectivity index (χ3v) is 3.56. The molecule has 0 amide bonds. The number of rotatable bonds is 3. The van der Waals surface area contributed by atoms with Crippen LogP contribution in [-0.4, -0.2) is 23.0 Å². The molecule has 1 aromatic heterocycles. The number of pyridine rings is 1. The predicted molar refractivity (Wildman–Crippen MR) is 65.7 cm³/mol. The van der Waals surface area contributed by atoms with E-state index in [-0.39, 0.29) is 0 Å². The van der Waals surface area contributed by atoms with E-state index in [0.717, 1.165) is 24.1 Å². The topological polar surface area (TPSA) is 42.2 Å². The number of hydrogen-bond donors (Lipinski definition) is 1. The molecule has 1 aliphatic rings. The van der Waals surface area contributed by atoms with E-state index in [1.165, 1.54) is 18.7 Å². The van der Waals surface area contributed by atoms with E-state index >= 15 is 0 Å². The first-order chi connectivity index (χ1) is 7.69. The Morgan fingerprint density at radius 1 is 1.38 bits per heavy atom. The van der Waals surface area contributed by atoms with Crippen LogP contribution in [0.1, 0.15) is 25.1 Å². The monoisotopic (exact) mass is 219 g/mol. The first-order valence-corrected chi connectivity index (χ1v) is 6.05. The van der Waals surface area contributed by atoms with Crippen molar-refractivity contribution < 1.29 is 0 Å². The van der Waals surface area contributed by atoms with Crippen LogP contribution in [-0.2, 0) is 13.1 Å². The van der Waals surface area contributed by atoms with Crippen molar-refractivity contribution >= 4 is 0 Å². The van der Waals surface area contributed by atoms with E-state index in [1.54, 1.807) is 0 Å². The van der Waals surface area contributed by atoms with E-state index in [4.69, 9.17) is 5.73 Å². The van der Waals surface area contributed by atoms with Gasteiger partial charge in [0, 0.05) is 32.4 Å². The molecular formula is C13H21N3. The largest absolute Gasteiger partial charge is 0.325 e. The Bertz CT molecular complexity index is 341. The molecule has 3 nitrogen and oxygen atoms in total.